The first-order valence-electron chi connectivity index (χ1n) is 10.8. The molecule has 164 valence electrons. The molecule has 0 spiro atoms. The summed E-state index contributed by atoms with van der Waals surface area (Å²) in [5.74, 6) is 2.33. The largest absolute Gasteiger partial charge is 0.441 e. The van der Waals surface area contributed by atoms with Crippen LogP contribution in [0.4, 0.5) is 0 Å². The Balaban J connectivity index is 1.37. The van der Waals surface area contributed by atoms with E-state index in [0.717, 1.165) is 23.0 Å². The Bertz CT molecular complexity index is 843. The topological polar surface area (TPSA) is 72.2 Å². The van der Waals surface area contributed by atoms with Gasteiger partial charge in [-0.3, -0.25) is 9.00 Å². The highest BCUT2D eigenvalue weighted by molar-refractivity contribution is 7.99. The molecule has 5 nitrogen and oxygen atoms in total. The zero-order valence-corrected chi connectivity index (χ0v) is 19.6. The zero-order chi connectivity index (χ0) is 21.3. The molecule has 1 atom stereocenters. The molecule has 0 saturated heterocycles. The van der Waals surface area contributed by atoms with Crippen molar-refractivity contribution in [2.24, 2.45) is 0 Å². The number of nitrogens with zero attached hydrogens (tertiary/aromatic N) is 1. The molecule has 1 fully saturated rings. The maximum Gasteiger partial charge on any atom is 0.232 e. The zero-order valence-electron chi connectivity index (χ0n) is 17.9. The Labute approximate surface area is 186 Å². The fourth-order valence-electron chi connectivity index (χ4n) is 3.56. The van der Waals surface area contributed by atoms with Gasteiger partial charge >= 0.3 is 0 Å². The summed E-state index contributed by atoms with van der Waals surface area (Å²) >= 11 is 2.04. The summed E-state index contributed by atoms with van der Waals surface area (Å²) < 4.78 is 18.2. The van der Waals surface area contributed by atoms with E-state index in [1.165, 1.54) is 37.7 Å². The smallest absolute Gasteiger partial charge is 0.232 e. The van der Waals surface area contributed by atoms with Crippen molar-refractivity contribution in [3.8, 4) is 11.5 Å². The van der Waals surface area contributed by atoms with Gasteiger partial charge in [0.05, 0.1) is 11.4 Å². The van der Waals surface area contributed by atoms with Gasteiger partial charge < -0.3 is 9.73 Å². The predicted molar refractivity (Wildman–Crippen MR) is 125 cm³/mol. The van der Waals surface area contributed by atoms with Crippen LogP contribution in [0.15, 0.2) is 28.7 Å². The lowest BCUT2D eigenvalue weighted by Gasteiger charge is -2.20. The van der Waals surface area contributed by atoms with Gasteiger partial charge in [0.15, 0.2) is 0 Å². The summed E-state index contributed by atoms with van der Waals surface area (Å²) in [5, 5.41) is 3.70. The number of amides is 1. The summed E-state index contributed by atoms with van der Waals surface area (Å²) in [5.41, 5.74) is 2.71. The van der Waals surface area contributed by atoms with E-state index in [1.807, 2.05) is 49.9 Å². The number of carbonyl (C=O) groups excluding carboxylic acids is 1. The molecule has 1 aromatic carbocycles. The first kappa shape index (κ1) is 23.1. The fraction of sp³-hybridized carbons (Fsp3) is 0.565. The van der Waals surface area contributed by atoms with Crippen LogP contribution < -0.4 is 5.32 Å². The van der Waals surface area contributed by atoms with E-state index in [2.05, 4.69) is 10.3 Å². The molecule has 1 N–H and O–H groups in total. The van der Waals surface area contributed by atoms with Gasteiger partial charge in [-0.25, -0.2) is 4.98 Å². The molecule has 1 aliphatic carbocycles. The number of thioether (sulfide) groups is 1. The van der Waals surface area contributed by atoms with Crippen molar-refractivity contribution >= 4 is 28.5 Å². The summed E-state index contributed by atoms with van der Waals surface area (Å²) in [4.78, 5) is 16.6. The lowest BCUT2D eigenvalue weighted by Crippen LogP contribution is -2.30. The number of hydrogen-bond acceptors (Lipinski definition) is 5. The molecule has 0 unspecified atom stereocenters. The van der Waals surface area contributed by atoms with E-state index in [1.54, 1.807) is 0 Å². The van der Waals surface area contributed by atoms with E-state index >= 15 is 0 Å². The van der Waals surface area contributed by atoms with Crippen LogP contribution in [0.25, 0.3) is 11.5 Å². The van der Waals surface area contributed by atoms with Gasteiger partial charge in [0.25, 0.3) is 0 Å². The molecule has 30 heavy (non-hydrogen) atoms. The highest BCUT2D eigenvalue weighted by Crippen LogP contribution is 2.28. The van der Waals surface area contributed by atoms with Crippen LogP contribution in [0.3, 0.4) is 0 Å². The van der Waals surface area contributed by atoms with Gasteiger partial charge in [-0.15, -0.1) is 0 Å². The second-order valence-electron chi connectivity index (χ2n) is 7.95. The third kappa shape index (κ3) is 7.27. The Morgan fingerprint density at radius 2 is 1.93 bits per heavy atom. The van der Waals surface area contributed by atoms with Gasteiger partial charge in [0.1, 0.15) is 11.5 Å². The van der Waals surface area contributed by atoms with Crippen LogP contribution in [0.1, 0.15) is 55.5 Å². The number of benzene rings is 1. The van der Waals surface area contributed by atoms with Gasteiger partial charge in [-0.2, -0.15) is 11.8 Å². The molecule has 3 rings (SSSR count). The standard InChI is InChI=1S/C23H32N2O3S2/c1-17-9-11-19(12-10-17)23-25-21(18(2)28-23)15-30(27)16-22(26)24-13-6-14-29-20-7-4-3-5-8-20/h9-12,20H,3-8,13-16H2,1-2H3,(H,24,26)/t30-/m1/s1. The van der Waals surface area contributed by atoms with Crippen molar-refractivity contribution in [1.29, 1.82) is 0 Å². The first-order valence-corrected chi connectivity index (χ1v) is 13.3. The molecule has 2 aromatic rings. The van der Waals surface area contributed by atoms with E-state index in [0.29, 0.717) is 23.9 Å². The van der Waals surface area contributed by atoms with Gasteiger partial charge in [0.2, 0.25) is 11.8 Å². The lowest BCUT2D eigenvalue weighted by atomic mass is 10.0. The maximum absolute atomic E-state index is 12.4. The molecule has 0 radical (unpaired) electrons. The molecule has 7 heteroatoms. The van der Waals surface area contributed by atoms with Gasteiger partial charge in [-0.1, -0.05) is 37.0 Å². The van der Waals surface area contributed by atoms with E-state index in [4.69, 9.17) is 4.42 Å². The number of rotatable bonds is 10. The number of aryl methyl sites for hydroxylation is 2. The van der Waals surface area contributed by atoms with Crippen molar-refractivity contribution in [2.45, 2.75) is 63.4 Å². The average molecular weight is 449 g/mol. The normalized spacial score (nSPS) is 15.8. The van der Waals surface area contributed by atoms with Crippen LogP contribution in [0, 0.1) is 13.8 Å². The van der Waals surface area contributed by atoms with Crippen molar-refractivity contribution in [3.05, 3.63) is 41.3 Å². The summed E-state index contributed by atoms with van der Waals surface area (Å²) in [6, 6.07) is 7.93. The molecule has 1 heterocycles. The summed E-state index contributed by atoms with van der Waals surface area (Å²) in [6.45, 7) is 4.50. The molecule has 1 aliphatic rings. The Morgan fingerprint density at radius 3 is 2.67 bits per heavy atom. The minimum absolute atomic E-state index is 0.00192. The summed E-state index contributed by atoms with van der Waals surface area (Å²) in [7, 11) is -1.31. The highest BCUT2D eigenvalue weighted by Gasteiger charge is 2.16. The SMILES string of the molecule is Cc1ccc(-c2nc(C[S@@](=O)CC(=O)NCCCSC3CCCCC3)c(C)o2)cc1. The van der Waals surface area contributed by atoms with Gasteiger partial charge in [-0.05, 0) is 51.0 Å². The summed E-state index contributed by atoms with van der Waals surface area (Å²) in [6.07, 6.45) is 7.73. The second kappa shape index (κ2) is 11.7. The van der Waals surface area contributed by atoms with E-state index in [-0.39, 0.29) is 17.4 Å². The lowest BCUT2D eigenvalue weighted by molar-refractivity contribution is -0.118. The van der Waals surface area contributed by atoms with Crippen LogP contribution in [0.5, 0.6) is 0 Å². The number of aromatic nitrogens is 1. The third-order valence-electron chi connectivity index (χ3n) is 5.33. The number of oxazole rings is 1. The average Bonchev–Trinajstić information content (AvgIpc) is 3.09. The van der Waals surface area contributed by atoms with Crippen LogP contribution >= 0.6 is 11.8 Å². The van der Waals surface area contributed by atoms with Crippen molar-refractivity contribution in [1.82, 2.24) is 10.3 Å². The van der Waals surface area contributed by atoms with E-state index in [9.17, 15) is 9.00 Å². The molecule has 0 bridgehead atoms. The predicted octanol–water partition coefficient (Wildman–Crippen LogP) is 4.78. The quantitative estimate of drug-likeness (QED) is 0.530. The van der Waals surface area contributed by atoms with Crippen LogP contribution in [-0.4, -0.2) is 38.4 Å². The van der Waals surface area contributed by atoms with Crippen molar-refractivity contribution in [3.63, 3.8) is 0 Å². The molecule has 1 saturated carbocycles. The minimum atomic E-state index is -1.31. The van der Waals surface area contributed by atoms with Crippen molar-refractivity contribution in [2.75, 3.05) is 18.1 Å². The maximum atomic E-state index is 12.4. The first-order chi connectivity index (χ1) is 14.5. The van der Waals surface area contributed by atoms with Crippen molar-refractivity contribution < 1.29 is 13.4 Å². The van der Waals surface area contributed by atoms with Crippen LogP contribution in [-0.2, 0) is 21.3 Å². The Morgan fingerprint density at radius 1 is 1.20 bits per heavy atom. The second-order valence-corrected chi connectivity index (χ2v) is 10.8. The Kier molecular flexibility index (Phi) is 9.00. The number of nitrogens with one attached hydrogen (secondary N) is 1. The number of carbonyl (C=O) groups is 1. The minimum Gasteiger partial charge on any atom is -0.441 e. The molecular formula is C23H32N2O3S2. The third-order valence-corrected chi connectivity index (χ3v) is 7.98. The molecule has 0 aliphatic heterocycles. The Hall–Kier alpha value is -1.60. The van der Waals surface area contributed by atoms with Crippen LogP contribution in [0.2, 0.25) is 0 Å². The molecule has 1 aromatic heterocycles. The highest BCUT2D eigenvalue weighted by atomic mass is 32.2. The molecular weight excluding hydrogens is 416 g/mol. The number of hydrogen-bond donors (Lipinski definition) is 1. The van der Waals surface area contributed by atoms with Gasteiger partial charge in [0, 0.05) is 28.2 Å². The van der Waals surface area contributed by atoms with E-state index < -0.39 is 10.8 Å². The fourth-order valence-corrected chi connectivity index (χ4v) is 5.94. The monoisotopic (exact) mass is 448 g/mol. The molecule has 1 amide bonds.